The lowest BCUT2D eigenvalue weighted by atomic mass is 10.1. The van der Waals surface area contributed by atoms with Crippen LogP contribution in [0.25, 0.3) is 0 Å². The van der Waals surface area contributed by atoms with Gasteiger partial charge < -0.3 is 4.74 Å². The number of rotatable bonds is 8. The molecule has 0 heterocycles. The fourth-order valence-electron chi connectivity index (χ4n) is 2.26. The average molecular weight is 394 g/mol. The molecule has 1 aromatic carbocycles. The van der Waals surface area contributed by atoms with Gasteiger partial charge in [0, 0.05) is 12.0 Å². The molecule has 0 saturated heterocycles. The lowest BCUT2D eigenvalue weighted by Crippen LogP contribution is -2.42. The van der Waals surface area contributed by atoms with E-state index in [1.54, 1.807) is 32.9 Å². The van der Waals surface area contributed by atoms with E-state index < -0.39 is 27.6 Å². The van der Waals surface area contributed by atoms with E-state index in [1.807, 2.05) is 0 Å². The van der Waals surface area contributed by atoms with Crippen LogP contribution in [-0.4, -0.2) is 26.0 Å². The third-order valence-corrected chi connectivity index (χ3v) is 5.20. The van der Waals surface area contributed by atoms with Crippen molar-refractivity contribution >= 4 is 16.0 Å². The van der Waals surface area contributed by atoms with Crippen LogP contribution in [0.1, 0.15) is 72.3 Å². The molecule has 0 amide bonds. The van der Waals surface area contributed by atoms with Gasteiger partial charge in [-0.1, -0.05) is 38.0 Å². The van der Waals surface area contributed by atoms with Crippen molar-refractivity contribution in [3.05, 3.63) is 29.8 Å². The van der Waals surface area contributed by atoms with Crippen LogP contribution < -0.4 is 4.72 Å². The molecule has 1 atom stereocenters. The maximum absolute atomic E-state index is 12.4. The second-order valence-electron chi connectivity index (χ2n) is 7.51. The van der Waals surface area contributed by atoms with E-state index in [4.69, 9.17) is 4.74 Å². The zero-order valence-corrected chi connectivity index (χ0v) is 17.8. The van der Waals surface area contributed by atoms with E-state index in [0.717, 1.165) is 18.4 Å². The van der Waals surface area contributed by atoms with Crippen LogP contribution in [0.15, 0.2) is 29.2 Å². The highest BCUT2D eigenvalue weighted by Crippen LogP contribution is 2.13. The van der Waals surface area contributed by atoms with Crippen molar-refractivity contribution in [2.75, 3.05) is 0 Å². The zero-order valence-electron chi connectivity index (χ0n) is 17.0. The van der Waals surface area contributed by atoms with E-state index in [1.165, 1.54) is 38.3 Å². The summed E-state index contributed by atoms with van der Waals surface area (Å²) in [6.45, 7) is 8.83. The van der Waals surface area contributed by atoms with Crippen molar-refractivity contribution in [2.24, 2.45) is 0 Å². The number of hydrogen-bond acceptors (Lipinski definition) is 4. The number of hydrogen-bond donors (Lipinski definition) is 1. The Bertz CT molecular complexity index is 765. The van der Waals surface area contributed by atoms with Crippen molar-refractivity contribution < 1.29 is 17.9 Å². The zero-order chi connectivity index (χ0) is 20.5. The molecule has 27 heavy (non-hydrogen) atoms. The molecule has 150 valence electrons. The molecule has 6 heteroatoms. The first kappa shape index (κ1) is 23.2. The highest BCUT2D eigenvalue weighted by molar-refractivity contribution is 7.89. The molecule has 0 spiro atoms. The van der Waals surface area contributed by atoms with Crippen molar-refractivity contribution in [2.45, 2.75) is 83.3 Å². The van der Waals surface area contributed by atoms with E-state index in [9.17, 15) is 13.2 Å². The van der Waals surface area contributed by atoms with Gasteiger partial charge in [0.05, 0.1) is 4.90 Å². The van der Waals surface area contributed by atoms with Gasteiger partial charge in [-0.15, -0.1) is 0 Å². The molecular formula is C21H31NO4S. The molecule has 1 aromatic rings. The van der Waals surface area contributed by atoms with Gasteiger partial charge in [0.15, 0.2) is 0 Å². The molecule has 0 aliphatic rings. The van der Waals surface area contributed by atoms with Crippen LogP contribution in [0.2, 0.25) is 0 Å². The number of esters is 1. The van der Waals surface area contributed by atoms with Crippen LogP contribution in [-0.2, 0) is 19.6 Å². The number of benzene rings is 1. The quantitative estimate of drug-likeness (QED) is 0.411. The summed E-state index contributed by atoms with van der Waals surface area (Å²) < 4.78 is 32.4. The molecule has 0 unspecified atom stereocenters. The van der Waals surface area contributed by atoms with Gasteiger partial charge in [0.2, 0.25) is 10.0 Å². The van der Waals surface area contributed by atoms with Gasteiger partial charge in [-0.3, -0.25) is 4.79 Å². The number of ether oxygens (including phenoxy) is 1. The van der Waals surface area contributed by atoms with Gasteiger partial charge >= 0.3 is 5.97 Å². The Balaban J connectivity index is 2.68. The first-order valence-electron chi connectivity index (χ1n) is 9.39. The maximum atomic E-state index is 12.4. The lowest BCUT2D eigenvalue weighted by molar-refractivity contribution is -0.156. The van der Waals surface area contributed by atoms with Crippen molar-refractivity contribution in [1.29, 1.82) is 0 Å². The SMILES string of the molecule is CCCCCCC#Cc1ccc(S(=O)(=O)N[C@H](C)C(=O)OC(C)(C)C)cc1. The normalized spacial score (nSPS) is 12.8. The first-order valence-corrected chi connectivity index (χ1v) is 10.9. The molecule has 1 rings (SSSR count). The maximum Gasteiger partial charge on any atom is 0.324 e. The van der Waals surface area contributed by atoms with Crippen LogP contribution in [0.4, 0.5) is 0 Å². The third-order valence-electron chi connectivity index (χ3n) is 3.64. The first-order chi connectivity index (χ1) is 12.5. The number of carbonyl (C=O) groups excluding carboxylic acids is 1. The number of sulfonamides is 1. The minimum Gasteiger partial charge on any atom is -0.459 e. The molecule has 0 radical (unpaired) electrons. The number of unbranched alkanes of at least 4 members (excludes halogenated alkanes) is 4. The van der Waals surface area contributed by atoms with E-state index in [-0.39, 0.29) is 4.90 Å². The molecule has 0 aromatic heterocycles. The molecule has 0 aliphatic carbocycles. The number of nitrogens with one attached hydrogen (secondary N) is 1. The lowest BCUT2D eigenvalue weighted by Gasteiger charge is -2.22. The highest BCUT2D eigenvalue weighted by atomic mass is 32.2. The fourth-order valence-corrected chi connectivity index (χ4v) is 3.45. The van der Waals surface area contributed by atoms with Crippen molar-refractivity contribution in [3.63, 3.8) is 0 Å². The van der Waals surface area contributed by atoms with Gasteiger partial charge in [-0.25, -0.2) is 8.42 Å². The molecule has 0 saturated carbocycles. The molecule has 5 nitrogen and oxygen atoms in total. The Morgan fingerprint density at radius 1 is 1.15 bits per heavy atom. The summed E-state index contributed by atoms with van der Waals surface area (Å²) in [5, 5.41) is 0. The summed E-state index contributed by atoms with van der Waals surface area (Å²) in [6.07, 6.45) is 5.53. The molecule has 1 N–H and O–H groups in total. The predicted octanol–water partition coefficient (Wildman–Crippen LogP) is 4.02. The monoisotopic (exact) mass is 393 g/mol. The molecular weight excluding hydrogens is 362 g/mol. The molecule has 0 aliphatic heterocycles. The minimum absolute atomic E-state index is 0.0893. The third kappa shape index (κ3) is 9.07. The fraction of sp³-hybridized carbons (Fsp3) is 0.571. The summed E-state index contributed by atoms with van der Waals surface area (Å²) in [7, 11) is -3.81. The number of carbonyl (C=O) groups is 1. The van der Waals surface area contributed by atoms with E-state index in [0.29, 0.717) is 0 Å². The topological polar surface area (TPSA) is 72.5 Å². The summed E-state index contributed by atoms with van der Waals surface area (Å²) in [5.74, 6) is 5.54. The summed E-state index contributed by atoms with van der Waals surface area (Å²) in [5.41, 5.74) is 0.0952. The molecule has 0 bridgehead atoms. The Morgan fingerprint density at radius 3 is 2.33 bits per heavy atom. The minimum atomic E-state index is -3.81. The van der Waals surface area contributed by atoms with E-state index >= 15 is 0 Å². The Kier molecular flexibility index (Phi) is 9.01. The van der Waals surface area contributed by atoms with Crippen molar-refractivity contribution in [3.8, 4) is 11.8 Å². The van der Waals surface area contributed by atoms with E-state index in [2.05, 4.69) is 23.5 Å². The highest BCUT2D eigenvalue weighted by Gasteiger charge is 2.26. The van der Waals surface area contributed by atoms with Gasteiger partial charge in [0.25, 0.3) is 0 Å². The Morgan fingerprint density at radius 2 is 1.78 bits per heavy atom. The summed E-state index contributed by atoms with van der Waals surface area (Å²) >= 11 is 0. The smallest absolute Gasteiger partial charge is 0.324 e. The largest absolute Gasteiger partial charge is 0.459 e. The van der Waals surface area contributed by atoms with Gasteiger partial charge in [0.1, 0.15) is 11.6 Å². The second kappa shape index (κ2) is 10.5. The van der Waals surface area contributed by atoms with Crippen LogP contribution in [0.5, 0.6) is 0 Å². The Labute approximate surface area is 163 Å². The van der Waals surface area contributed by atoms with Gasteiger partial charge in [-0.2, -0.15) is 4.72 Å². The summed E-state index contributed by atoms with van der Waals surface area (Å²) in [4.78, 5) is 12.1. The second-order valence-corrected chi connectivity index (χ2v) is 9.23. The predicted molar refractivity (Wildman–Crippen MR) is 108 cm³/mol. The standard InChI is InChI=1S/C21H31NO4S/c1-6-7-8-9-10-11-12-18-13-15-19(16-14-18)27(24,25)22-17(2)20(23)26-21(3,4)5/h13-17,22H,6-10H2,1-5H3/t17-/m1/s1. The van der Waals surface area contributed by atoms with Crippen LogP contribution in [0, 0.1) is 11.8 Å². The van der Waals surface area contributed by atoms with Gasteiger partial charge in [-0.05, 0) is 58.4 Å². The molecule has 0 fully saturated rings. The van der Waals surface area contributed by atoms with Crippen LogP contribution >= 0.6 is 0 Å². The average Bonchev–Trinajstić information content (AvgIpc) is 2.56. The van der Waals surface area contributed by atoms with Crippen molar-refractivity contribution in [1.82, 2.24) is 4.72 Å². The summed E-state index contributed by atoms with van der Waals surface area (Å²) in [6, 6.07) is 5.35. The van der Waals surface area contributed by atoms with Crippen LogP contribution in [0.3, 0.4) is 0 Å². The Hall–Kier alpha value is -1.84.